The molecule has 0 aromatic heterocycles. The van der Waals surface area contributed by atoms with Gasteiger partial charge in [0.05, 0.1) is 13.1 Å². The summed E-state index contributed by atoms with van der Waals surface area (Å²) in [4.78, 5) is 26.0. The summed E-state index contributed by atoms with van der Waals surface area (Å²) in [5.41, 5.74) is 0.807. The van der Waals surface area contributed by atoms with Gasteiger partial charge in [-0.05, 0) is 24.6 Å². The minimum Gasteiger partial charge on any atom is -0.345 e. The van der Waals surface area contributed by atoms with Gasteiger partial charge in [-0.25, -0.2) is 0 Å². The molecule has 1 unspecified atom stereocenters. The van der Waals surface area contributed by atoms with Crippen LogP contribution in [0.15, 0.2) is 18.2 Å². The van der Waals surface area contributed by atoms with Crippen LogP contribution in [0.4, 0.5) is 0 Å². The maximum Gasteiger partial charge on any atom is 0.277 e. The van der Waals surface area contributed by atoms with Crippen molar-refractivity contribution in [1.29, 1.82) is 0 Å². The van der Waals surface area contributed by atoms with Crippen molar-refractivity contribution >= 4 is 35.0 Å². The highest BCUT2D eigenvalue weighted by molar-refractivity contribution is 6.35. The molecule has 2 amide bonds. The molecule has 1 rings (SSSR count). The fraction of sp³-hybridized carbons (Fsp3) is 0.467. The van der Waals surface area contributed by atoms with Crippen molar-refractivity contribution in [2.24, 2.45) is 0 Å². The number of hydrogen-bond acceptors (Lipinski definition) is 2. The number of carbonyl (C=O) groups is 2. The number of carbonyl (C=O) groups excluding carboxylic acids is 2. The molecule has 0 saturated heterocycles. The summed E-state index contributed by atoms with van der Waals surface area (Å²) < 4.78 is 0. The number of hydrogen-bond donors (Lipinski definition) is 2. The maximum atomic E-state index is 12.0. The Morgan fingerprint density at radius 1 is 1.27 bits per heavy atom. The lowest BCUT2D eigenvalue weighted by Crippen LogP contribution is -3.11. The van der Waals surface area contributed by atoms with Crippen LogP contribution >= 0.6 is 23.2 Å². The van der Waals surface area contributed by atoms with Gasteiger partial charge in [0.25, 0.3) is 11.8 Å². The van der Waals surface area contributed by atoms with Crippen molar-refractivity contribution in [2.75, 3.05) is 34.2 Å². The number of amides is 2. The third kappa shape index (κ3) is 5.83. The van der Waals surface area contributed by atoms with E-state index >= 15 is 0 Å². The smallest absolute Gasteiger partial charge is 0.277 e. The van der Waals surface area contributed by atoms with Gasteiger partial charge in [-0.15, -0.1) is 0 Å². The molecule has 0 radical (unpaired) electrons. The highest BCUT2D eigenvalue weighted by Gasteiger charge is 2.18. The largest absolute Gasteiger partial charge is 0.345 e. The third-order valence-corrected chi connectivity index (χ3v) is 3.78. The Hall–Kier alpha value is -1.30. The summed E-state index contributed by atoms with van der Waals surface area (Å²) in [6.07, 6.45) is 0. The molecular weight excluding hydrogens is 325 g/mol. The molecule has 1 aromatic carbocycles. The zero-order chi connectivity index (χ0) is 16.9. The van der Waals surface area contributed by atoms with Crippen molar-refractivity contribution in [3.8, 4) is 0 Å². The molecule has 2 atom stereocenters. The quantitative estimate of drug-likeness (QED) is 0.799. The van der Waals surface area contributed by atoms with E-state index in [1.165, 1.54) is 4.90 Å². The molecule has 0 aliphatic heterocycles. The Morgan fingerprint density at radius 3 is 2.45 bits per heavy atom. The molecule has 1 aromatic rings. The Labute approximate surface area is 141 Å². The standard InChI is InChI=1S/C15H21Cl2N3O2/c1-10(12-6-5-11(16)7-13(12)17)18-14(21)8-20(4)9-15(22)19(2)3/h5-7,10H,8-9H2,1-4H3,(H,18,21)/p+1/t10-/m1/s1. The van der Waals surface area contributed by atoms with E-state index in [-0.39, 0.29) is 30.9 Å². The lowest BCUT2D eigenvalue weighted by molar-refractivity contribution is -0.862. The predicted molar refractivity (Wildman–Crippen MR) is 88.3 cm³/mol. The van der Waals surface area contributed by atoms with E-state index in [4.69, 9.17) is 23.2 Å². The van der Waals surface area contributed by atoms with Gasteiger partial charge in [0, 0.05) is 24.1 Å². The average molecular weight is 347 g/mol. The summed E-state index contributed by atoms with van der Waals surface area (Å²) in [5, 5.41) is 3.95. The van der Waals surface area contributed by atoms with E-state index in [9.17, 15) is 9.59 Å². The second-order valence-electron chi connectivity index (χ2n) is 5.55. The van der Waals surface area contributed by atoms with Crippen molar-refractivity contribution in [1.82, 2.24) is 10.2 Å². The van der Waals surface area contributed by atoms with Gasteiger partial charge in [-0.1, -0.05) is 29.3 Å². The van der Waals surface area contributed by atoms with Crippen LogP contribution in [0, 0.1) is 0 Å². The van der Waals surface area contributed by atoms with Crippen molar-refractivity contribution < 1.29 is 14.5 Å². The van der Waals surface area contributed by atoms with Crippen molar-refractivity contribution in [3.63, 3.8) is 0 Å². The van der Waals surface area contributed by atoms with Crippen LogP contribution in [0.25, 0.3) is 0 Å². The van der Waals surface area contributed by atoms with Crippen LogP contribution in [-0.2, 0) is 9.59 Å². The van der Waals surface area contributed by atoms with Gasteiger partial charge in [0.15, 0.2) is 13.1 Å². The van der Waals surface area contributed by atoms with Gasteiger partial charge in [-0.3, -0.25) is 9.59 Å². The van der Waals surface area contributed by atoms with Gasteiger partial charge in [-0.2, -0.15) is 0 Å². The fourth-order valence-electron chi connectivity index (χ4n) is 1.98. The Morgan fingerprint density at radius 2 is 1.91 bits per heavy atom. The van der Waals surface area contributed by atoms with Crippen LogP contribution in [0.2, 0.25) is 10.0 Å². The molecule has 122 valence electrons. The summed E-state index contributed by atoms with van der Waals surface area (Å²) in [5.74, 6) is -0.151. The lowest BCUT2D eigenvalue weighted by atomic mass is 10.1. The Kier molecular flexibility index (Phi) is 7.13. The molecule has 5 nitrogen and oxygen atoms in total. The van der Waals surface area contributed by atoms with Gasteiger partial charge < -0.3 is 15.1 Å². The Balaban J connectivity index is 2.55. The molecule has 0 fully saturated rings. The van der Waals surface area contributed by atoms with Gasteiger partial charge >= 0.3 is 0 Å². The number of nitrogens with one attached hydrogen (secondary N) is 2. The number of likely N-dealkylation sites (N-methyl/N-ethyl adjacent to an activating group) is 2. The molecule has 0 aliphatic rings. The SMILES string of the molecule is C[C@@H](NC(=O)C[NH+](C)CC(=O)N(C)C)c1ccc(Cl)cc1Cl. The topological polar surface area (TPSA) is 53.9 Å². The van der Waals surface area contributed by atoms with E-state index in [1.807, 2.05) is 6.92 Å². The summed E-state index contributed by atoms with van der Waals surface area (Å²) in [7, 11) is 5.20. The first-order valence-corrected chi connectivity index (χ1v) is 7.72. The van der Waals surface area contributed by atoms with E-state index in [1.54, 1.807) is 39.3 Å². The van der Waals surface area contributed by atoms with Gasteiger partial charge in [0.2, 0.25) is 0 Å². The van der Waals surface area contributed by atoms with Gasteiger partial charge in [0.1, 0.15) is 0 Å². The summed E-state index contributed by atoms with van der Waals surface area (Å²) in [6, 6.07) is 4.95. The van der Waals surface area contributed by atoms with Crippen LogP contribution < -0.4 is 10.2 Å². The summed E-state index contributed by atoms with van der Waals surface area (Å²) >= 11 is 12.0. The minimum atomic E-state index is -0.227. The molecule has 0 saturated carbocycles. The number of halogens is 2. The molecule has 0 aliphatic carbocycles. The predicted octanol–water partition coefficient (Wildman–Crippen LogP) is 0.774. The van der Waals surface area contributed by atoms with E-state index in [0.29, 0.717) is 10.0 Å². The molecule has 0 heterocycles. The van der Waals surface area contributed by atoms with Crippen molar-refractivity contribution in [2.45, 2.75) is 13.0 Å². The zero-order valence-electron chi connectivity index (χ0n) is 13.2. The molecule has 22 heavy (non-hydrogen) atoms. The minimum absolute atomic E-state index is 0.0147. The summed E-state index contributed by atoms with van der Waals surface area (Å²) in [6.45, 7) is 2.35. The maximum absolute atomic E-state index is 12.0. The average Bonchev–Trinajstić information content (AvgIpc) is 2.37. The van der Waals surface area contributed by atoms with Crippen LogP contribution in [-0.4, -0.2) is 50.9 Å². The fourth-order valence-corrected chi connectivity index (χ4v) is 2.55. The first-order valence-electron chi connectivity index (χ1n) is 6.96. The van der Waals surface area contributed by atoms with E-state index in [2.05, 4.69) is 5.32 Å². The number of rotatable bonds is 6. The van der Waals surface area contributed by atoms with E-state index < -0.39 is 0 Å². The van der Waals surface area contributed by atoms with E-state index in [0.717, 1.165) is 10.5 Å². The highest BCUT2D eigenvalue weighted by Crippen LogP contribution is 2.25. The zero-order valence-corrected chi connectivity index (χ0v) is 14.8. The second-order valence-corrected chi connectivity index (χ2v) is 6.40. The lowest BCUT2D eigenvalue weighted by Gasteiger charge is -2.19. The normalized spacial score (nSPS) is 13.4. The number of benzene rings is 1. The molecular formula is C15H22Cl2N3O2+. The number of nitrogens with zero attached hydrogens (tertiary/aromatic N) is 1. The first-order chi connectivity index (χ1) is 10.2. The molecule has 0 bridgehead atoms. The van der Waals surface area contributed by atoms with Crippen LogP contribution in [0.1, 0.15) is 18.5 Å². The second kappa shape index (κ2) is 8.36. The van der Waals surface area contributed by atoms with Crippen molar-refractivity contribution in [3.05, 3.63) is 33.8 Å². The highest BCUT2D eigenvalue weighted by atomic mass is 35.5. The molecule has 7 heteroatoms. The number of quaternary nitrogens is 1. The monoisotopic (exact) mass is 346 g/mol. The van der Waals surface area contributed by atoms with Crippen LogP contribution in [0.3, 0.4) is 0 Å². The Bertz CT molecular complexity index is 550. The first kappa shape index (κ1) is 18.7. The molecule has 2 N–H and O–H groups in total. The van der Waals surface area contributed by atoms with Crippen LogP contribution in [0.5, 0.6) is 0 Å². The molecule has 0 spiro atoms. The third-order valence-electron chi connectivity index (χ3n) is 3.22.